The number of primary sulfonamides is 1. The topological polar surface area (TPSA) is 124 Å². The summed E-state index contributed by atoms with van der Waals surface area (Å²) in [4.78, 5) is 13.6. The van der Waals surface area contributed by atoms with Crippen LogP contribution in [0.1, 0.15) is 5.69 Å². The first-order chi connectivity index (χ1) is 15.3. The predicted octanol–water partition coefficient (Wildman–Crippen LogP) is 3.27. The van der Waals surface area contributed by atoms with Crippen LogP contribution < -0.4 is 15.8 Å². The van der Waals surface area contributed by atoms with Gasteiger partial charge in [0, 0.05) is 11.3 Å². The van der Waals surface area contributed by atoms with Crippen molar-refractivity contribution in [1.29, 1.82) is 0 Å². The molecular weight excluding hydrogens is 426 g/mol. The number of carbonyl (C=O) groups is 1. The average Bonchev–Trinajstić information content (AvgIpc) is 3.22. The first-order valence-electron chi connectivity index (χ1n) is 9.72. The van der Waals surface area contributed by atoms with Gasteiger partial charge in [-0.25, -0.2) is 23.0 Å². The maximum atomic E-state index is 12.1. The molecule has 0 aliphatic heterocycles. The number of sulfonamides is 1. The molecule has 162 valence electrons. The number of anilines is 1. The first kappa shape index (κ1) is 21.3. The van der Waals surface area contributed by atoms with Gasteiger partial charge in [0.2, 0.25) is 10.0 Å². The minimum absolute atomic E-state index is 0.0128. The normalized spacial score (nSPS) is 11.3. The van der Waals surface area contributed by atoms with E-state index in [0.29, 0.717) is 17.1 Å². The Labute approximate surface area is 185 Å². The predicted molar refractivity (Wildman–Crippen MR) is 123 cm³/mol. The van der Waals surface area contributed by atoms with E-state index < -0.39 is 16.1 Å². The molecule has 9 heteroatoms. The van der Waals surface area contributed by atoms with E-state index in [9.17, 15) is 13.2 Å². The lowest BCUT2D eigenvalue weighted by Gasteiger charge is -2.19. The van der Waals surface area contributed by atoms with Gasteiger partial charge in [0.05, 0.1) is 28.5 Å². The van der Waals surface area contributed by atoms with Crippen LogP contribution in [0.2, 0.25) is 0 Å². The van der Waals surface area contributed by atoms with Crippen LogP contribution in [0.25, 0.3) is 16.9 Å². The number of primary amides is 1. The number of para-hydroxylation sites is 1. The fourth-order valence-corrected chi connectivity index (χ4v) is 3.88. The van der Waals surface area contributed by atoms with Gasteiger partial charge >= 0.3 is 6.03 Å². The number of aromatic nitrogens is 2. The van der Waals surface area contributed by atoms with Crippen molar-refractivity contribution in [2.24, 2.45) is 10.9 Å². The Morgan fingerprint density at radius 1 is 0.906 bits per heavy atom. The van der Waals surface area contributed by atoms with Crippen molar-refractivity contribution in [2.45, 2.75) is 11.4 Å². The van der Waals surface area contributed by atoms with Gasteiger partial charge in [0.25, 0.3) is 0 Å². The van der Waals surface area contributed by atoms with Gasteiger partial charge in [-0.05, 0) is 42.5 Å². The van der Waals surface area contributed by atoms with Crippen molar-refractivity contribution in [3.8, 4) is 16.9 Å². The van der Waals surface area contributed by atoms with E-state index in [-0.39, 0.29) is 11.4 Å². The molecule has 4 rings (SSSR count). The monoisotopic (exact) mass is 447 g/mol. The van der Waals surface area contributed by atoms with Crippen LogP contribution in [0.4, 0.5) is 10.5 Å². The Morgan fingerprint density at radius 3 is 2.06 bits per heavy atom. The summed E-state index contributed by atoms with van der Waals surface area (Å²) in [5.41, 5.74) is 9.23. The van der Waals surface area contributed by atoms with E-state index in [0.717, 1.165) is 11.3 Å². The molecule has 32 heavy (non-hydrogen) atoms. The fourth-order valence-electron chi connectivity index (χ4n) is 3.36. The number of urea groups is 1. The summed E-state index contributed by atoms with van der Waals surface area (Å²) >= 11 is 0. The van der Waals surface area contributed by atoms with Crippen molar-refractivity contribution >= 4 is 21.7 Å². The number of nitrogens with zero attached hydrogens (tertiary/aromatic N) is 3. The molecule has 0 spiro atoms. The lowest BCUT2D eigenvalue weighted by Crippen LogP contribution is -2.35. The number of hydrogen-bond acceptors (Lipinski definition) is 4. The Bertz CT molecular complexity index is 1340. The molecule has 3 aromatic carbocycles. The first-order valence-corrected chi connectivity index (χ1v) is 11.3. The molecule has 0 saturated heterocycles. The van der Waals surface area contributed by atoms with Crippen molar-refractivity contribution in [3.05, 3.63) is 96.7 Å². The maximum absolute atomic E-state index is 12.1. The quantitative estimate of drug-likeness (QED) is 0.471. The standard InChI is InChI=1S/C23H21N5O3S/c24-23(29)27(19-9-5-2-6-10-19)16-18-15-22(17-7-3-1-4-8-17)28(26-18)20-11-13-21(14-12-20)32(25,30)31/h1-15H,16H2,(H2,24,29)(H2,25,30,31). The zero-order valence-corrected chi connectivity index (χ0v) is 17.8. The summed E-state index contributed by atoms with van der Waals surface area (Å²) in [6.45, 7) is 0.168. The highest BCUT2D eigenvalue weighted by molar-refractivity contribution is 7.89. The van der Waals surface area contributed by atoms with Crippen molar-refractivity contribution < 1.29 is 13.2 Å². The Balaban J connectivity index is 1.77. The second kappa shape index (κ2) is 8.66. The smallest absolute Gasteiger partial charge is 0.319 e. The van der Waals surface area contributed by atoms with Gasteiger partial charge < -0.3 is 5.73 Å². The van der Waals surface area contributed by atoms with Crippen LogP contribution >= 0.6 is 0 Å². The number of nitrogens with two attached hydrogens (primary N) is 2. The number of rotatable bonds is 6. The highest BCUT2D eigenvalue weighted by atomic mass is 32.2. The van der Waals surface area contributed by atoms with Gasteiger partial charge in [-0.3, -0.25) is 4.90 Å². The molecule has 0 bridgehead atoms. The Kier molecular flexibility index (Phi) is 5.76. The van der Waals surface area contributed by atoms with Gasteiger partial charge in [-0.15, -0.1) is 0 Å². The molecule has 0 atom stereocenters. The van der Waals surface area contributed by atoms with Crippen LogP contribution in [0.15, 0.2) is 95.9 Å². The van der Waals surface area contributed by atoms with Crippen LogP contribution in [0.5, 0.6) is 0 Å². The van der Waals surface area contributed by atoms with Crippen LogP contribution in [0.3, 0.4) is 0 Å². The third-order valence-corrected chi connectivity index (χ3v) is 5.82. The summed E-state index contributed by atoms with van der Waals surface area (Å²) < 4.78 is 24.9. The molecule has 1 aromatic heterocycles. The summed E-state index contributed by atoms with van der Waals surface area (Å²) in [5.74, 6) is 0. The number of amides is 2. The third kappa shape index (κ3) is 4.53. The van der Waals surface area contributed by atoms with E-state index in [1.807, 2.05) is 54.6 Å². The van der Waals surface area contributed by atoms with Crippen molar-refractivity contribution in [2.75, 3.05) is 4.90 Å². The highest BCUT2D eigenvalue weighted by Crippen LogP contribution is 2.26. The van der Waals surface area contributed by atoms with Gasteiger partial charge in [-0.1, -0.05) is 48.5 Å². The molecule has 4 aromatic rings. The molecule has 0 aliphatic carbocycles. The average molecular weight is 448 g/mol. The molecule has 0 radical (unpaired) electrons. The summed E-state index contributed by atoms with van der Waals surface area (Å²) in [6, 6.07) is 26.1. The molecular formula is C23H21N5O3S. The van der Waals surface area contributed by atoms with Gasteiger partial charge in [0.1, 0.15) is 0 Å². The van der Waals surface area contributed by atoms with E-state index in [4.69, 9.17) is 10.9 Å². The molecule has 0 unspecified atom stereocenters. The van der Waals surface area contributed by atoms with E-state index in [2.05, 4.69) is 5.10 Å². The molecule has 0 aliphatic rings. The summed E-state index contributed by atoms with van der Waals surface area (Å²) in [7, 11) is -3.80. The van der Waals surface area contributed by atoms with Crippen molar-refractivity contribution in [1.82, 2.24) is 9.78 Å². The minimum atomic E-state index is -3.80. The molecule has 1 heterocycles. The number of benzene rings is 3. The molecule has 0 saturated carbocycles. The van der Waals surface area contributed by atoms with Gasteiger partial charge in [-0.2, -0.15) is 5.10 Å². The SMILES string of the molecule is NC(=O)N(Cc1cc(-c2ccccc2)n(-c2ccc(S(N)(=O)=O)cc2)n1)c1ccccc1. The van der Waals surface area contributed by atoms with E-state index >= 15 is 0 Å². The van der Waals surface area contributed by atoms with E-state index in [1.54, 1.807) is 28.9 Å². The lowest BCUT2D eigenvalue weighted by molar-refractivity contribution is 0.253. The zero-order valence-electron chi connectivity index (χ0n) is 17.0. The molecule has 0 fully saturated rings. The van der Waals surface area contributed by atoms with Crippen molar-refractivity contribution in [3.63, 3.8) is 0 Å². The number of carbonyl (C=O) groups excluding carboxylic acids is 1. The fraction of sp³-hybridized carbons (Fsp3) is 0.0435. The molecule has 8 nitrogen and oxygen atoms in total. The van der Waals surface area contributed by atoms with E-state index in [1.165, 1.54) is 17.0 Å². The largest absolute Gasteiger partial charge is 0.351 e. The lowest BCUT2D eigenvalue weighted by atomic mass is 10.1. The highest BCUT2D eigenvalue weighted by Gasteiger charge is 2.18. The molecule has 2 amide bonds. The third-order valence-electron chi connectivity index (χ3n) is 4.89. The summed E-state index contributed by atoms with van der Waals surface area (Å²) in [5, 5.41) is 9.89. The van der Waals surface area contributed by atoms with Crippen LogP contribution in [-0.4, -0.2) is 24.2 Å². The van der Waals surface area contributed by atoms with Crippen LogP contribution in [0, 0.1) is 0 Å². The second-order valence-electron chi connectivity index (χ2n) is 7.10. The zero-order chi connectivity index (χ0) is 22.7. The number of hydrogen-bond donors (Lipinski definition) is 2. The van der Waals surface area contributed by atoms with Crippen LogP contribution in [-0.2, 0) is 16.6 Å². The summed E-state index contributed by atoms with van der Waals surface area (Å²) in [6.07, 6.45) is 0. The Hall–Kier alpha value is -3.95. The maximum Gasteiger partial charge on any atom is 0.319 e. The minimum Gasteiger partial charge on any atom is -0.351 e. The second-order valence-corrected chi connectivity index (χ2v) is 8.66. The molecule has 4 N–H and O–H groups in total. The van der Waals surface area contributed by atoms with Gasteiger partial charge in [0.15, 0.2) is 0 Å². The Morgan fingerprint density at radius 2 is 1.50 bits per heavy atom.